The molecule has 7 heteroatoms. The van der Waals surface area contributed by atoms with Gasteiger partial charge in [0, 0.05) is 10.8 Å². The summed E-state index contributed by atoms with van der Waals surface area (Å²) < 4.78 is 12.1. The van der Waals surface area contributed by atoms with Crippen LogP contribution in [-0.4, -0.2) is 43.2 Å². The van der Waals surface area contributed by atoms with Crippen LogP contribution in [0.1, 0.15) is 38.8 Å². The minimum absolute atomic E-state index is 0.0351. The lowest BCUT2D eigenvalue weighted by Crippen LogP contribution is -2.62. The maximum absolute atomic E-state index is 13.5. The molecular formula is C32H36NO4SSi. The first kappa shape index (κ1) is 28.2. The lowest BCUT2D eigenvalue weighted by molar-refractivity contribution is -0.157. The quantitative estimate of drug-likeness (QED) is 0.152. The van der Waals surface area contributed by atoms with E-state index in [1.54, 1.807) is 16.7 Å². The monoisotopic (exact) mass is 558 g/mol. The molecule has 1 saturated heterocycles. The number of carbonyl (C=O) groups excluding carboxylic acids is 2. The molecule has 5 rings (SSSR count). The number of rotatable bonds is 8. The third-order valence-corrected chi connectivity index (χ3v) is 14.2. The fourth-order valence-electron chi connectivity index (χ4n) is 5.02. The number of hydrogen-bond donors (Lipinski definition) is 0. The van der Waals surface area contributed by atoms with E-state index in [9.17, 15) is 9.59 Å². The molecule has 0 aromatic heterocycles. The van der Waals surface area contributed by atoms with Crippen LogP contribution >= 0.6 is 11.8 Å². The summed E-state index contributed by atoms with van der Waals surface area (Å²) in [6, 6.07) is 12.6. The van der Waals surface area contributed by atoms with Gasteiger partial charge in [-0.15, -0.1) is 0 Å². The molecule has 0 bridgehead atoms. The molecule has 2 aromatic rings. The smallest absolute Gasteiger partial charge is 0.356 e. The van der Waals surface area contributed by atoms with E-state index in [1.807, 2.05) is 25.8 Å². The molecule has 5 radical (unpaired) electrons. The minimum atomic E-state index is -2.08. The molecule has 0 N–H and O–H groups in total. The van der Waals surface area contributed by atoms with Crippen LogP contribution < -0.4 is 0 Å². The van der Waals surface area contributed by atoms with Crippen molar-refractivity contribution in [1.82, 2.24) is 4.90 Å². The van der Waals surface area contributed by atoms with Crippen LogP contribution in [0.4, 0.5) is 0 Å². The van der Waals surface area contributed by atoms with Crippen molar-refractivity contribution in [3.05, 3.63) is 97.5 Å². The number of esters is 1. The van der Waals surface area contributed by atoms with Crippen LogP contribution in [0.2, 0.25) is 18.1 Å². The van der Waals surface area contributed by atoms with Gasteiger partial charge in [-0.2, -0.15) is 0 Å². The summed E-state index contributed by atoms with van der Waals surface area (Å²) in [6.07, 6.45) is 9.57. The average Bonchev–Trinajstić information content (AvgIpc) is 3.52. The Morgan fingerprint density at radius 1 is 1.10 bits per heavy atom. The molecule has 2 heterocycles. The molecule has 1 saturated carbocycles. The van der Waals surface area contributed by atoms with E-state index in [0.717, 1.165) is 26.8 Å². The maximum atomic E-state index is 13.5. The Kier molecular flexibility index (Phi) is 7.63. The minimum Gasteiger partial charge on any atom is -0.457 e. The van der Waals surface area contributed by atoms with Gasteiger partial charge in [0.15, 0.2) is 8.32 Å². The zero-order chi connectivity index (χ0) is 28.1. The van der Waals surface area contributed by atoms with Crippen LogP contribution in [0.5, 0.6) is 0 Å². The lowest BCUT2D eigenvalue weighted by atomic mass is 9.92. The van der Waals surface area contributed by atoms with Crippen molar-refractivity contribution >= 4 is 47.6 Å². The van der Waals surface area contributed by atoms with Crippen molar-refractivity contribution in [2.45, 2.75) is 57.3 Å². The molecule has 3 aliphatic rings. The fraction of sp³-hybridized carbons (Fsp3) is 0.344. The van der Waals surface area contributed by atoms with E-state index in [4.69, 9.17) is 9.16 Å². The number of benzene rings is 2. The van der Waals surface area contributed by atoms with E-state index in [-0.39, 0.29) is 34.9 Å². The summed E-state index contributed by atoms with van der Waals surface area (Å²) in [5.41, 5.74) is 2.38. The van der Waals surface area contributed by atoms with Crippen LogP contribution in [0.3, 0.4) is 0 Å². The third-order valence-electron chi connectivity index (χ3n) is 8.20. The van der Waals surface area contributed by atoms with Crippen molar-refractivity contribution < 1.29 is 18.8 Å². The normalized spacial score (nSPS) is 22.7. The SMILES string of the molecule is C=CCOC(=O)C1=C(c2ccc3cc([C]4[CH][CH][CH][CH]4)ccc3c2)S[C@@H]2[C@@H]([C@@H](C)O[Si](C)(C)C(C)(C)C)C(=O)N12. The Balaban J connectivity index is 1.45. The number of amides is 1. The summed E-state index contributed by atoms with van der Waals surface area (Å²) in [4.78, 5) is 29.2. The standard InChI is InChI=1S/C32H36NO4SSi/c1-8-17-36-31(35)27-28(25-16-15-23-18-22(13-14-24(23)19-25)21-11-9-10-12-21)38-30-26(29(34)33(27)30)20(2)37-39(6,7)32(3,4)5/h8-16,18-20,26,30H,1,17H2,2-7H3/t20-,26+,30-/m1/s1. The average molecular weight is 559 g/mol. The predicted octanol–water partition coefficient (Wildman–Crippen LogP) is 6.93. The van der Waals surface area contributed by atoms with Crippen molar-refractivity contribution in [3.63, 3.8) is 0 Å². The second kappa shape index (κ2) is 10.6. The van der Waals surface area contributed by atoms with Gasteiger partial charge in [0.2, 0.25) is 5.91 Å². The molecule has 2 fully saturated rings. The van der Waals surface area contributed by atoms with Gasteiger partial charge in [0.25, 0.3) is 0 Å². The Morgan fingerprint density at radius 2 is 1.72 bits per heavy atom. The highest BCUT2D eigenvalue weighted by atomic mass is 32.2. The first-order chi connectivity index (χ1) is 18.4. The highest BCUT2D eigenvalue weighted by molar-refractivity contribution is 8.09. The molecule has 1 amide bonds. The molecule has 2 aromatic carbocycles. The van der Waals surface area contributed by atoms with Crippen LogP contribution in [0.15, 0.2) is 54.8 Å². The largest absolute Gasteiger partial charge is 0.457 e. The van der Waals surface area contributed by atoms with E-state index >= 15 is 0 Å². The van der Waals surface area contributed by atoms with Crippen molar-refractivity contribution in [3.8, 4) is 0 Å². The first-order valence-corrected chi connectivity index (χ1v) is 17.2. The summed E-state index contributed by atoms with van der Waals surface area (Å²) in [5.74, 6) is 0.275. The second-order valence-electron chi connectivity index (χ2n) is 11.8. The first-order valence-electron chi connectivity index (χ1n) is 13.4. The molecule has 0 spiro atoms. The van der Waals surface area contributed by atoms with Gasteiger partial charge in [0.05, 0.1) is 12.0 Å². The summed E-state index contributed by atoms with van der Waals surface area (Å²) >= 11 is 1.56. The van der Waals surface area contributed by atoms with Crippen molar-refractivity contribution in [1.29, 1.82) is 0 Å². The van der Waals surface area contributed by atoms with Gasteiger partial charge in [-0.3, -0.25) is 9.69 Å². The van der Waals surface area contributed by atoms with Crippen molar-refractivity contribution in [2.75, 3.05) is 6.61 Å². The Bertz CT molecular complexity index is 1340. The van der Waals surface area contributed by atoms with E-state index < -0.39 is 14.3 Å². The van der Waals surface area contributed by atoms with E-state index in [2.05, 4.69) is 83.6 Å². The number of nitrogens with zero attached hydrogens (tertiary/aromatic N) is 1. The fourth-order valence-corrected chi connectivity index (χ4v) is 8.04. The topological polar surface area (TPSA) is 55.8 Å². The van der Waals surface area contributed by atoms with Gasteiger partial charge in [-0.1, -0.05) is 75.5 Å². The Hall–Kier alpha value is -2.35. The van der Waals surface area contributed by atoms with Crippen LogP contribution in [0.25, 0.3) is 15.7 Å². The van der Waals surface area contributed by atoms with E-state index in [1.165, 1.54) is 12.0 Å². The molecule has 3 atom stereocenters. The zero-order valence-electron chi connectivity index (χ0n) is 23.5. The lowest BCUT2D eigenvalue weighted by Gasteiger charge is -2.48. The number of hydrogen-bond acceptors (Lipinski definition) is 5. The maximum Gasteiger partial charge on any atom is 0.356 e. The summed E-state index contributed by atoms with van der Waals surface area (Å²) in [6.45, 7) is 16.7. The molecule has 1 aliphatic carbocycles. The van der Waals surface area contributed by atoms with Gasteiger partial charge in [-0.25, -0.2) is 4.79 Å². The number of thioether (sulfide) groups is 1. The van der Waals surface area contributed by atoms with Crippen molar-refractivity contribution in [2.24, 2.45) is 5.92 Å². The molecule has 203 valence electrons. The van der Waals surface area contributed by atoms with Gasteiger partial charge < -0.3 is 9.16 Å². The highest BCUT2D eigenvalue weighted by Gasteiger charge is 2.59. The van der Waals surface area contributed by atoms with Crippen LogP contribution in [-0.2, 0) is 18.8 Å². The third kappa shape index (κ3) is 5.14. The number of fused-ring (bicyclic) bond motifs is 2. The zero-order valence-corrected chi connectivity index (χ0v) is 25.3. The molecule has 0 unspecified atom stereocenters. The molecular weight excluding hydrogens is 523 g/mol. The second-order valence-corrected chi connectivity index (χ2v) is 17.7. The van der Waals surface area contributed by atoms with E-state index in [0.29, 0.717) is 5.70 Å². The number of carbonyl (C=O) groups is 2. The van der Waals surface area contributed by atoms with Gasteiger partial charge in [0.1, 0.15) is 17.7 Å². The Labute approximate surface area is 238 Å². The van der Waals surface area contributed by atoms with Gasteiger partial charge >= 0.3 is 5.97 Å². The van der Waals surface area contributed by atoms with Gasteiger partial charge in [-0.05, 0) is 78.7 Å². The molecule has 5 nitrogen and oxygen atoms in total. The predicted molar refractivity (Wildman–Crippen MR) is 161 cm³/mol. The summed E-state index contributed by atoms with van der Waals surface area (Å²) in [7, 11) is -2.08. The molecule has 39 heavy (non-hydrogen) atoms. The van der Waals surface area contributed by atoms with Crippen LogP contribution in [0, 0.1) is 37.5 Å². The Morgan fingerprint density at radius 3 is 2.33 bits per heavy atom. The highest BCUT2D eigenvalue weighted by Crippen LogP contribution is 2.55. The number of β-lactam (4-membered cyclic amide) rings is 1. The number of ether oxygens (including phenoxy) is 1. The molecule has 2 aliphatic heterocycles. The summed E-state index contributed by atoms with van der Waals surface area (Å²) in [5, 5.41) is 2.02.